The predicted octanol–water partition coefficient (Wildman–Crippen LogP) is 8.60. The average Bonchev–Trinajstić information content (AvgIpc) is 2.54. The molecule has 0 aliphatic rings. The molecule has 10 heteroatoms. The van der Waals surface area contributed by atoms with Crippen LogP contribution in [-0.4, -0.2) is 9.97 Å². The fourth-order valence-corrected chi connectivity index (χ4v) is 4.65. The topological polar surface area (TPSA) is 25.8 Å². The summed E-state index contributed by atoms with van der Waals surface area (Å²) in [7, 11) is 0. The number of pyridine rings is 2. The van der Waals surface area contributed by atoms with Crippen LogP contribution in [0.15, 0.2) is 0 Å². The van der Waals surface area contributed by atoms with Gasteiger partial charge in [-0.2, -0.15) is 0 Å². The highest BCUT2D eigenvalue weighted by molar-refractivity contribution is 6.59. The van der Waals surface area contributed by atoms with Crippen molar-refractivity contribution in [1.29, 1.82) is 0 Å². The van der Waals surface area contributed by atoms with Crippen molar-refractivity contribution in [3.63, 3.8) is 0 Å². The van der Waals surface area contributed by atoms with E-state index in [0.29, 0.717) is 32.6 Å². The Hall–Kier alpha value is 0.1000. The first kappa shape index (κ1) is 17.5. The van der Waals surface area contributed by atoms with Gasteiger partial charge in [0.25, 0.3) is 0 Å². The first-order valence-electron chi connectivity index (χ1n) is 6.16. The van der Waals surface area contributed by atoms with Gasteiger partial charge in [-0.25, -0.2) is 9.97 Å². The summed E-state index contributed by atoms with van der Waals surface area (Å²) in [6.07, 6.45) is 0. The van der Waals surface area contributed by atoms with Gasteiger partial charge in [-0.05, 0) is 0 Å². The quantitative estimate of drug-likeness (QED) is 0.186. The van der Waals surface area contributed by atoms with Crippen LogP contribution in [0, 0.1) is 0 Å². The number of halogens is 8. The van der Waals surface area contributed by atoms with Gasteiger partial charge < -0.3 is 0 Å². The Labute approximate surface area is 174 Å². The third-order valence-electron chi connectivity index (χ3n) is 3.68. The first-order chi connectivity index (χ1) is 11.3. The van der Waals surface area contributed by atoms with Crippen molar-refractivity contribution in [3.05, 3.63) is 40.4 Å². The minimum Gasteiger partial charge on any atom is -0.233 e. The van der Waals surface area contributed by atoms with Crippen LogP contribution in [-0.2, 0) is 0 Å². The summed E-state index contributed by atoms with van der Waals surface area (Å²) in [5.74, 6) is 0. The van der Waals surface area contributed by atoms with Crippen LogP contribution < -0.4 is 0 Å². The van der Waals surface area contributed by atoms with E-state index in [0.717, 1.165) is 0 Å². The molecule has 2 aromatic heterocycles. The molecule has 4 rings (SSSR count). The van der Waals surface area contributed by atoms with Gasteiger partial charge in [0.1, 0.15) is 10.3 Å². The Morgan fingerprint density at radius 3 is 1.04 bits per heavy atom. The van der Waals surface area contributed by atoms with Crippen LogP contribution in [0.4, 0.5) is 0 Å². The molecule has 0 atom stereocenters. The van der Waals surface area contributed by atoms with Crippen molar-refractivity contribution in [2.45, 2.75) is 0 Å². The maximum absolute atomic E-state index is 6.42. The largest absolute Gasteiger partial charge is 0.233 e. The number of benzene rings is 2. The zero-order chi connectivity index (χ0) is 17.5. The van der Waals surface area contributed by atoms with Gasteiger partial charge in [-0.15, -0.1) is 0 Å². The van der Waals surface area contributed by atoms with E-state index in [1.54, 1.807) is 0 Å². The molecular formula is C14Cl8N2. The lowest BCUT2D eigenvalue weighted by Gasteiger charge is -2.18. The number of aromatic nitrogens is 2. The Morgan fingerprint density at radius 1 is 0.375 bits per heavy atom. The van der Waals surface area contributed by atoms with Crippen molar-refractivity contribution in [3.8, 4) is 0 Å². The molecule has 0 aliphatic carbocycles. The summed E-state index contributed by atoms with van der Waals surface area (Å²) in [4.78, 5) is 8.44. The second kappa shape index (κ2) is 5.80. The summed E-state index contributed by atoms with van der Waals surface area (Å²) in [5, 5.41) is 2.78. The average molecular weight is 480 g/mol. The summed E-state index contributed by atoms with van der Waals surface area (Å²) in [6.45, 7) is 0. The number of hydrogen-bond acceptors (Lipinski definition) is 2. The zero-order valence-corrected chi connectivity index (χ0v) is 17.0. The van der Waals surface area contributed by atoms with E-state index in [1.807, 2.05) is 0 Å². The lowest BCUT2D eigenvalue weighted by molar-refractivity contribution is 1.40. The molecule has 0 saturated carbocycles. The normalized spacial score (nSPS) is 12.2. The molecule has 0 aliphatic heterocycles. The molecule has 2 heterocycles. The van der Waals surface area contributed by atoms with Crippen molar-refractivity contribution < 1.29 is 0 Å². The van der Waals surface area contributed by atoms with E-state index in [4.69, 9.17) is 92.8 Å². The van der Waals surface area contributed by atoms with Gasteiger partial charge in [-0.1, -0.05) is 92.8 Å². The zero-order valence-electron chi connectivity index (χ0n) is 10.9. The lowest BCUT2D eigenvalue weighted by Crippen LogP contribution is -1.96. The highest BCUT2D eigenvalue weighted by Crippen LogP contribution is 2.52. The minimum absolute atomic E-state index is 0.0237. The van der Waals surface area contributed by atoms with Crippen LogP contribution in [0.5, 0.6) is 0 Å². The monoisotopic (exact) mass is 476 g/mol. The lowest BCUT2D eigenvalue weighted by atomic mass is 9.99. The van der Waals surface area contributed by atoms with Gasteiger partial charge in [-0.3, -0.25) is 0 Å². The van der Waals surface area contributed by atoms with Crippen molar-refractivity contribution in [2.24, 2.45) is 0 Å². The van der Waals surface area contributed by atoms with Crippen LogP contribution >= 0.6 is 92.8 Å². The molecule has 4 aromatic rings. The van der Waals surface area contributed by atoms with Crippen LogP contribution in [0.25, 0.3) is 32.6 Å². The van der Waals surface area contributed by atoms with E-state index < -0.39 is 0 Å². The molecule has 0 radical (unpaired) electrons. The molecule has 2 nitrogen and oxygen atoms in total. The molecule has 0 fully saturated rings. The van der Waals surface area contributed by atoms with E-state index in [-0.39, 0.29) is 40.4 Å². The van der Waals surface area contributed by atoms with Gasteiger partial charge >= 0.3 is 0 Å². The Balaban J connectivity index is 2.57. The standard InChI is InChI=1S/C14Cl8N2/c15-5-3-1-2-4(6(5)16)8(18)14(22)24-12(2)10(20)9(19)11(1)23-13(21)7(3)17. The molecule has 0 saturated heterocycles. The minimum atomic E-state index is 0.0237. The third-order valence-corrected chi connectivity index (χ3v) is 6.85. The molecular weight excluding hydrogens is 480 g/mol. The van der Waals surface area contributed by atoms with E-state index >= 15 is 0 Å². The number of hydrogen-bond donors (Lipinski definition) is 0. The molecule has 24 heavy (non-hydrogen) atoms. The first-order valence-corrected chi connectivity index (χ1v) is 9.18. The Kier molecular flexibility index (Phi) is 4.23. The summed E-state index contributed by atoms with van der Waals surface area (Å²) >= 11 is 50.4. The van der Waals surface area contributed by atoms with Crippen LogP contribution in [0.2, 0.25) is 40.4 Å². The maximum atomic E-state index is 6.42. The smallest absolute Gasteiger partial charge is 0.149 e. The molecule has 0 spiro atoms. The van der Waals surface area contributed by atoms with Crippen molar-refractivity contribution in [1.82, 2.24) is 9.97 Å². The van der Waals surface area contributed by atoms with Crippen molar-refractivity contribution >= 4 is 125 Å². The van der Waals surface area contributed by atoms with Gasteiger partial charge in [0.2, 0.25) is 0 Å². The fourth-order valence-electron chi connectivity index (χ4n) is 2.71. The maximum Gasteiger partial charge on any atom is 0.149 e. The second-order valence-electron chi connectivity index (χ2n) is 4.89. The summed E-state index contributed by atoms with van der Waals surface area (Å²) in [6, 6.07) is 0. The summed E-state index contributed by atoms with van der Waals surface area (Å²) < 4.78 is 0. The Morgan fingerprint density at radius 2 is 0.708 bits per heavy atom. The van der Waals surface area contributed by atoms with E-state index in [2.05, 4.69) is 9.97 Å². The van der Waals surface area contributed by atoms with Gasteiger partial charge in [0, 0.05) is 21.5 Å². The van der Waals surface area contributed by atoms with E-state index in [9.17, 15) is 0 Å². The molecule has 0 bridgehead atoms. The summed E-state index contributed by atoms with van der Waals surface area (Å²) in [5.41, 5.74) is 0.643. The highest BCUT2D eigenvalue weighted by atomic mass is 35.5. The molecule has 2 aromatic carbocycles. The molecule has 0 N–H and O–H groups in total. The number of nitrogens with zero attached hydrogens (tertiary/aromatic N) is 2. The second-order valence-corrected chi connectivity index (χ2v) is 7.87. The molecule has 0 amide bonds. The molecule has 122 valence electrons. The fraction of sp³-hybridized carbons (Fsp3) is 0. The third kappa shape index (κ3) is 2.12. The molecule has 0 unspecified atom stereocenters. The number of rotatable bonds is 0. The van der Waals surface area contributed by atoms with E-state index in [1.165, 1.54) is 0 Å². The van der Waals surface area contributed by atoms with Gasteiger partial charge in [0.15, 0.2) is 0 Å². The Bertz CT molecular complexity index is 1090. The van der Waals surface area contributed by atoms with Gasteiger partial charge in [0.05, 0.1) is 41.2 Å². The van der Waals surface area contributed by atoms with Crippen molar-refractivity contribution in [2.75, 3.05) is 0 Å². The van der Waals surface area contributed by atoms with Crippen LogP contribution in [0.3, 0.4) is 0 Å². The predicted molar refractivity (Wildman–Crippen MR) is 106 cm³/mol. The SMILES string of the molecule is Clc1nc2c(Cl)c(Cl)c3nc(Cl)c(Cl)c4c(Cl)c(Cl)c(c1Cl)c2c34. The van der Waals surface area contributed by atoms with Crippen LogP contribution in [0.1, 0.15) is 0 Å². The highest BCUT2D eigenvalue weighted by Gasteiger charge is 2.27.